The van der Waals surface area contributed by atoms with Gasteiger partial charge in [-0.1, -0.05) is 0 Å². The van der Waals surface area contributed by atoms with Gasteiger partial charge in [0.1, 0.15) is 0 Å². The minimum Gasteiger partial charge on any atom is -0.493 e. The average Bonchev–Trinajstić information content (AvgIpc) is 3.26. The van der Waals surface area contributed by atoms with E-state index in [1.807, 2.05) is 11.0 Å². The van der Waals surface area contributed by atoms with E-state index in [0.29, 0.717) is 13.1 Å². The molecule has 0 bridgehead atoms. The molecule has 0 aliphatic carbocycles. The number of hydrogen-bond donors (Lipinski definition) is 1. The summed E-state index contributed by atoms with van der Waals surface area (Å²) in [5.74, 6) is 2.34. The molecule has 0 atom stereocenters. The lowest BCUT2D eigenvalue weighted by atomic mass is 9.99. The smallest absolute Gasteiger partial charge is 0.242 e. The third kappa shape index (κ3) is 4.09. The predicted octanol–water partition coefficient (Wildman–Crippen LogP) is 2.28. The summed E-state index contributed by atoms with van der Waals surface area (Å²) in [6.45, 7) is 3.29. The fraction of sp³-hybridized carbons (Fsp3) is 0.455. The van der Waals surface area contributed by atoms with Crippen LogP contribution in [0.3, 0.4) is 0 Å². The van der Waals surface area contributed by atoms with Gasteiger partial charge in [-0.05, 0) is 53.1 Å². The number of nitrogens with zero attached hydrogens (tertiary/aromatic N) is 3. The maximum Gasteiger partial charge on any atom is 0.242 e. The van der Waals surface area contributed by atoms with Gasteiger partial charge in [0.25, 0.3) is 0 Å². The van der Waals surface area contributed by atoms with Crippen LogP contribution in [-0.2, 0) is 30.7 Å². The van der Waals surface area contributed by atoms with Crippen LogP contribution < -0.4 is 14.8 Å². The molecular weight excluding hydrogens is 400 g/mol. The maximum atomic E-state index is 12.7. The standard InChI is InChI=1S/C22H28N4O3S/c1-23-22(24-12-21(27)25-8-5-20-16(13-25)6-9-30-20)26-7-4-15-10-18(28-2)19(29-3)11-17(15)14-26/h6,9-11H,4-5,7-8,12-14H2,1-3H3,(H,23,24). The zero-order chi connectivity index (χ0) is 21.1. The van der Waals surface area contributed by atoms with Gasteiger partial charge in [0.15, 0.2) is 17.5 Å². The Hall–Kier alpha value is -2.74. The van der Waals surface area contributed by atoms with Gasteiger partial charge < -0.3 is 24.6 Å². The number of aliphatic imine (C=N–C) groups is 1. The molecule has 0 spiro atoms. The van der Waals surface area contributed by atoms with E-state index in [9.17, 15) is 4.79 Å². The first-order chi connectivity index (χ1) is 14.6. The molecule has 1 N–H and O–H groups in total. The average molecular weight is 429 g/mol. The summed E-state index contributed by atoms with van der Waals surface area (Å²) in [4.78, 5) is 22.7. The van der Waals surface area contributed by atoms with Crippen molar-refractivity contribution >= 4 is 23.2 Å². The molecule has 30 heavy (non-hydrogen) atoms. The molecule has 2 aromatic rings. The Morgan fingerprint density at radius 3 is 2.50 bits per heavy atom. The molecule has 4 rings (SSSR count). The summed E-state index contributed by atoms with van der Waals surface area (Å²) in [5, 5.41) is 5.38. The SMILES string of the molecule is CN=C(NCC(=O)N1CCc2sccc2C1)N1CCc2cc(OC)c(OC)cc2C1. The van der Waals surface area contributed by atoms with Crippen LogP contribution in [0.15, 0.2) is 28.6 Å². The van der Waals surface area contributed by atoms with Crippen molar-refractivity contribution in [3.63, 3.8) is 0 Å². The third-order valence-electron chi connectivity index (χ3n) is 5.79. The van der Waals surface area contributed by atoms with Gasteiger partial charge in [-0.15, -0.1) is 11.3 Å². The molecule has 7 nitrogen and oxygen atoms in total. The molecule has 1 amide bonds. The number of ether oxygens (including phenoxy) is 2. The number of hydrogen-bond acceptors (Lipinski definition) is 5. The van der Waals surface area contributed by atoms with Crippen LogP contribution in [0.5, 0.6) is 11.5 Å². The second-order valence-electron chi connectivity index (χ2n) is 7.48. The fourth-order valence-corrected chi connectivity index (χ4v) is 5.01. The van der Waals surface area contributed by atoms with Crippen LogP contribution in [0.4, 0.5) is 0 Å². The second kappa shape index (κ2) is 8.95. The lowest BCUT2D eigenvalue weighted by Crippen LogP contribution is -2.48. The van der Waals surface area contributed by atoms with Crippen molar-refractivity contribution in [3.8, 4) is 11.5 Å². The van der Waals surface area contributed by atoms with Crippen molar-refractivity contribution in [3.05, 3.63) is 45.1 Å². The van der Waals surface area contributed by atoms with E-state index >= 15 is 0 Å². The number of carbonyl (C=O) groups excluding carboxylic acids is 1. The van der Waals surface area contributed by atoms with Crippen LogP contribution in [0.1, 0.15) is 21.6 Å². The largest absolute Gasteiger partial charge is 0.493 e. The number of carbonyl (C=O) groups is 1. The van der Waals surface area contributed by atoms with Crippen molar-refractivity contribution in [2.75, 3.05) is 40.9 Å². The summed E-state index contributed by atoms with van der Waals surface area (Å²) in [7, 11) is 5.07. The molecule has 1 aromatic heterocycles. The third-order valence-corrected chi connectivity index (χ3v) is 6.81. The van der Waals surface area contributed by atoms with E-state index in [2.05, 4.69) is 32.7 Å². The van der Waals surface area contributed by atoms with Crippen LogP contribution >= 0.6 is 11.3 Å². The molecule has 3 heterocycles. The van der Waals surface area contributed by atoms with Gasteiger partial charge in [-0.2, -0.15) is 0 Å². The first-order valence-electron chi connectivity index (χ1n) is 10.1. The fourth-order valence-electron chi connectivity index (χ4n) is 4.12. The first kappa shape index (κ1) is 20.5. The molecule has 0 saturated heterocycles. The predicted molar refractivity (Wildman–Crippen MR) is 118 cm³/mol. The van der Waals surface area contributed by atoms with Crippen molar-refractivity contribution in [1.29, 1.82) is 0 Å². The van der Waals surface area contributed by atoms with Crippen molar-refractivity contribution in [2.45, 2.75) is 25.9 Å². The quantitative estimate of drug-likeness (QED) is 0.598. The highest BCUT2D eigenvalue weighted by atomic mass is 32.1. The number of benzene rings is 1. The molecule has 0 unspecified atom stereocenters. The topological polar surface area (TPSA) is 66.4 Å². The number of amides is 1. The van der Waals surface area contributed by atoms with E-state index in [1.165, 1.54) is 21.6 Å². The minimum atomic E-state index is 0.108. The molecule has 0 saturated carbocycles. The molecule has 0 fully saturated rings. The highest BCUT2D eigenvalue weighted by Crippen LogP contribution is 2.33. The number of fused-ring (bicyclic) bond motifs is 2. The lowest BCUT2D eigenvalue weighted by molar-refractivity contribution is -0.130. The van der Waals surface area contributed by atoms with Gasteiger partial charge in [0.05, 0.1) is 20.8 Å². The summed E-state index contributed by atoms with van der Waals surface area (Å²) < 4.78 is 10.9. The van der Waals surface area contributed by atoms with Crippen LogP contribution in [-0.4, -0.2) is 62.6 Å². The summed E-state index contributed by atoms with van der Waals surface area (Å²) in [5.41, 5.74) is 3.73. The maximum absolute atomic E-state index is 12.7. The van der Waals surface area contributed by atoms with Gasteiger partial charge in [0.2, 0.25) is 5.91 Å². The van der Waals surface area contributed by atoms with Gasteiger partial charge in [0, 0.05) is 38.1 Å². The molecular formula is C22H28N4O3S. The zero-order valence-electron chi connectivity index (χ0n) is 17.7. The Bertz CT molecular complexity index is 956. The molecule has 1 aromatic carbocycles. The number of nitrogens with one attached hydrogen (secondary N) is 1. The molecule has 0 radical (unpaired) electrons. The van der Waals surface area contributed by atoms with Gasteiger partial charge in [-0.3, -0.25) is 9.79 Å². The Balaban J connectivity index is 1.38. The number of thiophene rings is 1. The van der Waals surface area contributed by atoms with Gasteiger partial charge >= 0.3 is 0 Å². The van der Waals surface area contributed by atoms with Gasteiger partial charge in [-0.25, -0.2) is 0 Å². The van der Waals surface area contributed by atoms with Crippen LogP contribution in [0.25, 0.3) is 0 Å². The zero-order valence-corrected chi connectivity index (χ0v) is 18.6. The summed E-state index contributed by atoms with van der Waals surface area (Å²) >= 11 is 1.78. The van der Waals surface area contributed by atoms with E-state index < -0.39 is 0 Å². The Labute approximate surface area is 181 Å². The molecule has 160 valence electrons. The Morgan fingerprint density at radius 2 is 1.77 bits per heavy atom. The normalized spacial score (nSPS) is 16.0. The van der Waals surface area contributed by atoms with E-state index in [0.717, 1.165) is 43.4 Å². The van der Waals surface area contributed by atoms with Crippen LogP contribution in [0, 0.1) is 0 Å². The van der Waals surface area contributed by atoms with E-state index in [-0.39, 0.29) is 12.5 Å². The number of rotatable bonds is 4. The number of guanidine groups is 1. The molecule has 8 heteroatoms. The first-order valence-corrected chi connectivity index (χ1v) is 11.0. The highest BCUT2D eigenvalue weighted by Gasteiger charge is 2.24. The van der Waals surface area contributed by atoms with Crippen molar-refractivity contribution in [2.24, 2.45) is 4.99 Å². The van der Waals surface area contributed by atoms with Crippen molar-refractivity contribution in [1.82, 2.24) is 15.1 Å². The van der Waals surface area contributed by atoms with E-state index in [4.69, 9.17) is 9.47 Å². The number of methoxy groups -OCH3 is 2. The monoisotopic (exact) mass is 428 g/mol. The minimum absolute atomic E-state index is 0.108. The summed E-state index contributed by atoms with van der Waals surface area (Å²) in [6.07, 6.45) is 1.83. The Morgan fingerprint density at radius 1 is 1.07 bits per heavy atom. The van der Waals surface area contributed by atoms with E-state index in [1.54, 1.807) is 32.6 Å². The van der Waals surface area contributed by atoms with Crippen LogP contribution in [0.2, 0.25) is 0 Å². The summed E-state index contributed by atoms with van der Waals surface area (Å²) in [6, 6.07) is 6.21. The molecule has 2 aliphatic rings. The second-order valence-corrected chi connectivity index (χ2v) is 8.48. The van der Waals surface area contributed by atoms with Crippen molar-refractivity contribution < 1.29 is 14.3 Å². The lowest BCUT2D eigenvalue weighted by Gasteiger charge is -2.33. The highest BCUT2D eigenvalue weighted by molar-refractivity contribution is 7.10. The molecule has 2 aliphatic heterocycles. The Kier molecular flexibility index (Phi) is 6.13.